The summed E-state index contributed by atoms with van der Waals surface area (Å²) in [5.41, 5.74) is -0.259. The average Bonchev–Trinajstić information content (AvgIpc) is 2.93. The number of ether oxygens (including phenoxy) is 2. The van der Waals surface area contributed by atoms with E-state index < -0.39 is 11.7 Å². The first kappa shape index (κ1) is 28.1. The highest BCUT2D eigenvalue weighted by molar-refractivity contribution is 8.05. The maximum atomic E-state index is 14.1. The van der Waals surface area contributed by atoms with Gasteiger partial charge >= 0.3 is 5.97 Å². The van der Waals surface area contributed by atoms with Crippen LogP contribution < -0.4 is 0 Å². The van der Waals surface area contributed by atoms with Gasteiger partial charge in [0.1, 0.15) is 6.10 Å². The number of carbonyl (C=O) groups excluding carboxylic acids is 1. The van der Waals surface area contributed by atoms with Crippen LogP contribution in [0.15, 0.2) is 62.0 Å². The summed E-state index contributed by atoms with van der Waals surface area (Å²) >= 11 is 3.50. The van der Waals surface area contributed by atoms with E-state index in [-0.39, 0.29) is 11.9 Å². The predicted octanol–water partition coefficient (Wildman–Crippen LogP) is 7.39. The molecular formula is C31H39NO3S2. The average molecular weight is 538 g/mol. The van der Waals surface area contributed by atoms with Crippen molar-refractivity contribution in [1.82, 2.24) is 4.90 Å². The van der Waals surface area contributed by atoms with Gasteiger partial charge in [-0.25, -0.2) is 4.79 Å². The Labute approximate surface area is 231 Å². The molecule has 0 saturated heterocycles. The monoisotopic (exact) mass is 537 g/mol. The van der Waals surface area contributed by atoms with Crippen molar-refractivity contribution in [3.05, 3.63) is 48.0 Å². The van der Waals surface area contributed by atoms with E-state index in [1.165, 1.54) is 16.2 Å². The van der Waals surface area contributed by atoms with Crippen LogP contribution in [0.4, 0.5) is 0 Å². The van der Waals surface area contributed by atoms with Gasteiger partial charge in [0.05, 0.1) is 13.2 Å². The van der Waals surface area contributed by atoms with Crippen LogP contribution in [0.3, 0.4) is 0 Å². The SMILES string of the molecule is CCOC(=O)C(OC(C)C#CCN(CC)CC)(c1cccc2c1Sc1ccccc1S2)C1CCCCC1. The number of carbonyl (C=O) groups is 1. The molecule has 2 aromatic rings. The molecule has 4 rings (SSSR count). The van der Waals surface area contributed by atoms with Crippen molar-refractivity contribution in [3.8, 4) is 11.8 Å². The fraction of sp³-hybridized carbons (Fsp3) is 0.516. The van der Waals surface area contributed by atoms with Gasteiger partial charge in [0.2, 0.25) is 0 Å². The molecule has 2 atom stereocenters. The van der Waals surface area contributed by atoms with E-state index in [4.69, 9.17) is 9.47 Å². The number of nitrogens with zero attached hydrogens (tertiary/aromatic N) is 1. The minimum Gasteiger partial charge on any atom is -0.464 e. The minimum atomic E-state index is -1.19. The van der Waals surface area contributed by atoms with Crippen LogP contribution >= 0.6 is 23.5 Å². The molecule has 1 aliphatic carbocycles. The number of hydrogen-bond acceptors (Lipinski definition) is 6. The lowest BCUT2D eigenvalue weighted by molar-refractivity contribution is -0.191. The lowest BCUT2D eigenvalue weighted by Gasteiger charge is -2.42. The summed E-state index contributed by atoms with van der Waals surface area (Å²) in [7, 11) is 0. The molecule has 1 aliphatic heterocycles. The van der Waals surface area contributed by atoms with E-state index in [1.54, 1.807) is 23.5 Å². The first-order valence-electron chi connectivity index (χ1n) is 13.7. The fourth-order valence-corrected chi connectivity index (χ4v) is 7.78. The molecule has 6 heteroatoms. The van der Waals surface area contributed by atoms with E-state index in [0.29, 0.717) is 13.2 Å². The van der Waals surface area contributed by atoms with E-state index >= 15 is 0 Å². The van der Waals surface area contributed by atoms with Gasteiger partial charge in [-0.3, -0.25) is 4.90 Å². The molecule has 1 fully saturated rings. The zero-order valence-electron chi connectivity index (χ0n) is 22.5. The first-order valence-corrected chi connectivity index (χ1v) is 15.3. The third-order valence-electron chi connectivity index (χ3n) is 7.28. The van der Waals surface area contributed by atoms with Crippen LogP contribution in [0.5, 0.6) is 0 Å². The Morgan fingerprint density at radius 2 is 1.68 bits per heavy atom. The summed E-state index contributed by atoms with van der Waals surface area (Å²) < 4.78 is 12.7. The van der Waals surface area contributed by atoms with Gasteiger partial charge in [-0.15, -0.1) is 0 Å². The van der Waals surface area contributed by atoms with Gasteiger partial charge < -0.3 is 9.47 Å². The number of benzene rings is 2. The van der Waals surface area contributed by atoms with Crippen LogP contribution in [0, 0.1) is 17.8 Å². The van der Waals surface area contributed by atoms with E-state index in [1.807, 2.05) is 13.8 Å². The van der Waals surface area contributed by atoms with Crippen LogP contribution in [0.1, 0.15) is 65.4 Å². The Hall–Kier alpha value is -1.91. The van der Waals surface area contributed by atoms with Gasteiger partial charge in [-0.05, 0) is 58.0 Å². The minimum absolute atomic E-state index is 0.0432. The standard InChI is InChI=1S/C31H39NO3S2/c1-5-32(6-2)22-14-15-23(4)35-31(30(33)34-7-3,24-16-9-8-10-17-24)25-18-13-21-28-29(25)37-27-20-12-11-19-26(27)36-28/h11-13,18-21,23-24H,5-10,16-17,22H2,1-4H3. The first-order chi connectivity index (χ1) is 18.0. The summed E-state index contributed by atoms with van der Waals surface area (Å²) in [4.78, 5) is 21.1. The van der Waals surface area contributed by atoms with Crippen LogP contribution in [-0.4, -0.2) is 43.2 Å². The van der Waals surface area contributed by atoms with Gasteiger partial charge in [0.25, 0.3) is 0 Å². The zero-order chi connectivity index (χ0) is 26.3. The van der Waals surface area contributed by atoms with Crippen molar-refractivity contribution in [2.24, 2.45) is 5.92 Å². The van der Waals surface area contributed by atoms with E-state index in [9.17, 15) is 4.79 Å². The summed E-state index contributed by atoms with van der Waals surface area (Å²) in [6.45, 7) is 11.1. The third-order valence-corrected chi connectivity index (χ3v) is 9.90. The maximum absolute atomic E-state index is 14.1. The lowest BCUT2D eigenvalue weighted by atomic mass is 9.73. The van der Waals surface area contributed by atoms with Crippen molar-refractivity contribution in [3.63, 3.8) is 0 Å². The van der Waals surface area contributed by atoms with Crippen molar-refractivity contribution >= 4 is 29.5 Å². The largest absolute Gasteiger partial charge is 0.464 e. The summed E-state index contributed by atoms with van der Waals surface area (Å²) in [5, 5.41) is 0. The topological polar surface area (TPSA) is 38.8 Å². The summed E-state index contributed by atoms with van der Waals surface area (Å²) in [5.74, 6) is 6.37. The van der Waals surface area contributed by atoms with Crippen molar-refractivity contribution in [2.75, 3.05) is 26.2 Å². The smallest absolute Gasteiger partial charge is 0.343 e. The van der Waals surface area contributed by atoms with Crippen LogP contribution in [-0.2, 0) is 19.9 Å². The van der Waals surface area contributed by atoms with Crippen LogP contribution in [0.2, 0.25) is 0 Å². The van der Waals surface area contributed by atoms with Gasteiger partial charge in [-0.2, -0.15) is 0 Å². The molecule has 2 aromatic carbocycles. The molecule has 0 spiro atoms. The Morgan fingerprint density at radius 1 is 1.00 bits per heavy atom. The zero-order valence-corrected chi connectivity index (χ0v) is 24.2. The van der Waals surface area contributed by atoms with Gasteiger partial charge in [0.15, 0.2) is 5.60 Å². The molecule has 1 saturated carbocycles. The second-order valence-electron chi connectivity index (χ2n) is 9.62. The molecule has 1 heterocycles. The molecule has 0 amide bonds. The van der Waals surface area contributed by atoms with Crippen molar-refractivity contribution in [2.45, 2.75) is 91.1 Å². The number of fused-ring (bicyclic) bond motifs is 2. The quantitative estimate of drug-likeness (QED) is 0.209. The highest BCUT2D eigenvalue weighted by atomic mass is 32.2. The highest BCUT2D eigenvalue weighted by Gasteiger charge is 2.52. The predicted molar refractivity (Wildman–Crippen MR) is 152 cm³/mol. The Kier molecular flexibility index (Phi) is 10.1. The molecule has 198 valence electrons. The third kappa shape index (κ3) is 6.23. The van der Waals surface area contributed by atoms with Gasteiger partial charge in [-0.1, -0.05) is 92.7 Å². The summed E-state index contributed by atoms with van der Waals surface area (Å²) in [6, 6.07) is 14.8. The molecule has 4 nitrogen and oxygen atoms in total. The lowest BCUT2D eigenvalue weighted by Crippen LogP contribution is -2.49. The number of esters is 1. The highest BCUT2D eigenvalue weighted by Crippen LogP contribution is 2.54. The summed E-state index contributed by atoms with van der Waals surface area (Å²) in [6.07, 6.45) is 4.85. The molecule has 0 aromatic heterocycles. The van der Waals surface area contributed by atoms with Crippen molar-refractivity contribution < 1.29 is 14.3 Å². The molecule has 0 bridgehead atoms. The Bertz CT molecular complexity index is 1130. The maximum Gasteiger partial charge on any atom is 0.343 e. The van der Waals surface area contributed by atoms with E-state index in [0.717, 1.165) is 54.1 Å². The van der Waals surface area contributed by atoms with E-state index in [2.05, 4.69) is 73.1 Å². The van der Waals surface area contributed by atoms with Crippen molar-refractivity contribution in [1.29, 1.82) is 0 Å². The number of rotatable bonds is 9. The second kappa shape index (κ2) is 13.2. The molecule has 37 heavy (non-hydrogen) atoms. The normalized spacial score (nSPS) is 17.6. The fourth-order valence-electron chi connectivity index (χ4n) is 5.35. The molecule has 0 radical (unpaired) electrons. The molecule has 0 N–H and O–H groups in total. The number of hydrogen-bond donors (Lipinski definition) is 0. The molecular weight excluding hydrogens is 498 g/mol. The van der Waals surface area contributed by atoms with Crippen LogP contribution in [0.25, 0.3) is 0 Å². The molecule has 2 aliphatic rings. The Balaban J connectivity index is 1.79. The second-order valence-corrected chi connectivity index (χ2v) is 11.8. The van der Waals surface area contributed by atoms with Gasteiger partial charge in [0, 0.05) is 31.1 Å². The molecule has 2 unspecified atom stereocenters. The Morgan fingerprint density at radius 3 is 2.35 bits per heavy atom.